The summed E-state index contributed by atoms with van der Waals surface area (Å²) in [5.74, 6) is 0.572. The van der Waals surface area contributed by atoms with Gasteiger partial charge in [0.05, 0.1) is 5.69 Å². The minimum Gasteiger partial charge on any atom is -0.456 e. The van der Waals surface area contributed by atoms with Gasteiger partial charge in [-0.15, -0.1) is 0 Å². The molecule has 5 heteroatoms. The molecule has 5 nitrogen and oxygen atoms in total. The molecule has 0 atom stereocenters. The van der Waals surface area contributed by atoms with Crippen LogP contribution >= 0.6 is 0 Å². The van der Waals surface area contributed by atoms with E-state index in [-0.39, 0.29) is 0 Å². The van der Waals surface area contributed by atoms with Gasteiger partial charge in [-0.1, -0.05) is 133 Å². The van der Waals surface area contributed by atoms with E-state index in [0.29, 0.717) is 5.89 Å². The van der Waals surface area contributed by atoms with Crippen LogP contribution in [0.5, 0.6) is 0 Å². The van der Waals surface area contributed by atoms with Gasteiger partial charge in [0.1, 0.15) is 22.3 Å². The first kappa shape index (κ1) is 32.4. The Morgan fingerprint density at radius 1 is 0.397 bits per heavy atom. The number of nitrogens with zero attached hydrogens (tertiary/aromatic N) is 2. The van der Waals surface area contributed by atoms with Crippen LogP contribution in [0.4, 0.5) is 17.1 Å². The van der Waals surface area contributed by atoms with Gasteiger partial charge in [-0.3, -0.25) is 0 Å². The number of hydrogen-bond acceptors (Lipinski definition) is 5. The molecule has 272 valence electrons. The molecule has 0 saturated heterocycles. The Kier molecular flexibility index (Phi) is 7.16. The van der Waals surface area contributed by atoms with Crippen LogP contribution < -0.4 is 4.90 Å². The second-order valence-electron chi connectivity index (χ2n) is 14.7. The largest absolute Gasteiger partial charge is 0.456 e. The van der Waals surface area contributed by atoms with Crippen molar-refractivity contribution in [3.05, 3.63) is 194 Å². The third-order valence-electron chi connectivity index (χ3n) is 11.3. The molecular weight excluding hydrogens is 713 g/mol. The molecule has 0 aliphatic heterocycles. The van der Waals surface area contributed by atoms with E-state index < -0.39 is 0 Å². The molecule has 58 heavy (non-hydrogen) atoms. The Morgan fingerprint density at radius 3 is 1.81 bits per heavy atom. The lowest BCUT2D eigenvalue weighted by Crippen LogP contribution is -2.10. The Labute approximate surface area is 332 Å². The minimum atomic E-state index is 0.572. The molecule has 0 aliphatic carbocycles. The summed E-state index contributed by atoms with van der Waals surface area (Å²) in [5, 5.41) is 6.64. The summed E-state index contributed by atoms with van der Waals surface area (Å²) in [5.41, 5.74) is 12.9. The summed E-state index contributed by atoms with van der Waals surface area (Å²) in [4.78, 5) is 7.25. The maximum atomic E-state index is 6.66. The van der Waals surface area contributed by atoms with Crippen molar-refractivity contribution in [3.8, 4) is 33.7 Å². The van der Waals surface area contributed by atoms with E-state index in [1.54, 1.807) is 0 Å². The third kappa shape index (κ3) is 5.07. The number of rotatable bonds is 6. The van der Waals surface area contributed by atoms with Crippen molar-refractivity contribution in [1.29, 1.82) is 0 Å². The van der Waals surface area contributed by atoms with Crippen molar-refractivity contribution in [2.45, 2.75) is 0 Å². The van der Waals surface area contributed by atoms with Crippen LogP contribution in [-0.2, 0) is 0 Å². The summed E-state index contributed by atoms with van der Waals surface area (Å²) in [6, 6.07) is 67.4. The average Bonchev–Trinajstić information content (AvgIpc) is 4.00. The highest BCUT2D eigenvalue weighted by molar-refractivity contribution is 6.19. The highest BCUT2D eigenvalue weighted by Crippen LogP contribution is 2.46. The molecule has 0 bridgehead atoms. The summed E-state index contributed by atoms with van der Waals surface area (Å²) in [6.45, 7) is 0. The zero-order valence-electron chi connectivity index (χ0n) is 31.1. The van der Waals surface area contributed by atoms with Gasteiger partial charge >= 0.3 is 0 Å². The van der Waals surface area contributed by atoms with E-state index in [1.165, 1.54) is 16.3 Å². The van der Waals surface area contributed by atoms with Gasteiger partial charge in [-0.25, -0.2) is 4.98 Å². The van der Waals surface area contributed by atoms with E-state index in [9.17, 15) is 0 Å². The van der Waals surface area contributed by atoms with E-state index in [0.717, 1.165) is 94.3 Å². The SMILES string of the molecule is c1ccc(-c2nc3cc4oc5ccccc5c4c(-c4ccc(N(c5ccc(-c6cccc7ccccc67)cc5)c5cccc6c5oc5ccccc56)cc4)c3o2)cc1. The molecule has 3 heterocycles. The minimum absolute atomic E-state index is 0.572. The molecule has 0 amide bonds. The zero-order chi connectivity index (χ0) is 38.2. The van der Waals surface area contributed by atoms with Crippen LogP contribution in [0.1, 0.15) is 0 Å². The van der Waals surface area contributed by atoms with E-state index in [4.69, 9.17) is 18.2 Å². The zero-order valence-corrected chi connectivity index (χ0v) is 31.1. The molecular formula is C53H32N2O3. The van der Waals surface area contributed by atoms with Crippen LogP contribution in [0.25, 0.3) is 99.5 Å². The topological polar surface area (TPSA) is 55.6 Å². The molecule has 0 spiro atoms. The van der Waals surface area contributed by atoms with Crippen molar-refractivity contribution in [1.82, 2.24) is 4.98 Å². The molecule has 12 aromatic rings. The van der Waals surface area contributed by atoms with Crippen LogP contribution in [-0.4, -0.2) is 4.98 Å². The Morgan fingerprint density at radius 2 is 1.02 bits per heavy atom. The number of benzene rings is 9. The summed E-state index contributed by atoms with van der Waals surface area (Å²) < 4.78 is 19.7. The van der Waals surface area contributed by atoms with E-state index in [2.05, 4.69) is 132 Å². The fourth-order valence-corrected chi connectivity index (χ4v) is 8.63. The third-order valence-corrected chi connectivity index (χ3v) is 11.3. The first-order valence-electron chi connectivity index (χ1n) is 19.4. The molecule has 12 rings (SSSR count). The van der Waals surface area contributed by atoms with Gasteiger partial charge < -0.3 is 18.2 Å². The monoisotopic (exact) mass is 744 g/mol. The quantitative estimate of drug-likeness (QED) is 0.170. The molecule has 0 aliphatic rings. The van der Waals surface area contributed by atoms with E-state index in [1.807, 2.05) is 66.7 Å². The molecule has 0 N–H and O–H groups in total. The van der Waals surface area contributed by atoms with Crippen LogP contribution in [0.15, 0.2) is 207 Å². The van der Waals surface area contributed by atoms with Crippen molar-refractivity contribution >= 4 is 82.8 Å². The van der Waals surface area contributed by atoms with Gasteiger partial charge in [0.15, 0.2) is 11.2 Å². The first-order chi connectivity index (χ1) is 28.7. The molecule has 0 radical (unpaired) electrons. The highest BCUT2D eigenvalue weighted by Gasteiger charge is 2.23. The van der Waals surface area contributed by atoms with Crippen molar-refractivity contribution in [2.75, 3.05) is 4.90 Å². The number of fused-ring (bicyclic) bond motifs is 8. The Hall–Kier alpha value is -7.89. The molecule has 0 unspecified atom stereocenters. The number of para-hydroxylation sites is 3. The van der Waals surface area contributed by atoms with Crippen molar-refractivity contribution in [2.24, 2.45) is 0 Å². The van der Waals surface area contributed by atoms with E-state index >= 15 is 0 Å². The Bertz CT molecular complexity index is 3500. The lowest BCUT2D eigenvalue weighted by molar-refractivity contribution is 0.621. The van der Waals surface area contributed by atoms with Crippen molar-refractivity contribution < 1.29 is 13.3 Å². The van der Waals surface area contributed by atoms with Gasteiger partial charge in [0.2, 0.25) is 5.89 Å². The second kappa shape index (κ2) is 12.8. The lowest BCUT2D eigenvalue weighted by atomic mass is 9.97. The molecule has 9 aromatic carbocycles. The molecule has 0 saturated carbocycles. The standard InChI is InChI=1S/C53H32N2O3/c1-2-13-36(14-3-1)53-54-44-32-48-50(43-18-7-9-23-47(43)56-48)49(52(44)58-53)35-26-30-38(31-27-35)55(45-21-11-20-42-41-17-6-8-22-46(41)57-51(42)45)37-28-24-34(25-29-37)40-19-10-15-33-12-4-5-16-39(33)40/h1-32H. The molecule has 3 aromatic heterocycles. The van der Waals surface area contributed by atoms with Crippen molar-refractivity contribution in [3.63, 3.8) is 0 Å². The van der Waals surface area contributed by atoms with Gasteiger partial charge in [-0.05, 0) is 82.1 Å². The summed E-state index contributed by atoms with van der Waals surface area (Å²) >= 11 is 0. The maximum absolute atomic E-state index is 6.66. The number of anilines is 3. The Balaban J connectivity index is 1.04. The van der Waals surface area contributed by atoms with Crippen LogP contribution in [0.3, 0.4) is 0 Å². The highest BCUT2D eigenvalue weighted by atomic mass is 16.4. The van der Waals surface area contributed by atoms with Crippen LogP contribution in [0, 0.1) is 0 Å². The normalized spacial score (nSPS) is 11.8. The summed E-state index contributed by atoms with van der Waals surface area (Å²) in [6.07, 6.45) is 0. The van der Waals surface area contributed by atoms with Crippen LogP contribution in [0.2, 0.25) is 0 Å². The first-order valence-corrected chi connectivity index (χ1v) is 19.4. The van der Waals surface area contributed by atoms with Gasteiger partial charge in [0.25, 0.3) is 0 Å². The van der Waals surface area contributed by atoms with Gasteiger partial charge in [0, 0.05) is 50.1 Å². The number of aromatic nitrogens is 1. The number of oxazole rings is 1. The average molecular weight is 745 g/mol. The number of furan rings is 2. The smallest absolute Gasteiger partial charge is 0.227 e. The second-order valence-corrected chi connectivity index (χ2v) is 14.7. The maximum Gasteiger partial charge on any atom is 0.227 e. The molecule has 0 fully saturated rings. The van der Waals surface area contributed by atoms with Gasteiger partial charge in [-0.2, -0.15) is 0 Å². The number of hydrogen-bond donors (Lipinski definition) is 0. The lowest BCUT2D eigenvalue weighted by Gasteiger charge is -2.26. The fourth-order valence-electron chi connectivity index (χ4n) is 8.63. The summed E-state index contributed by atoms with van der Waals surface area (Å²) in [7, 11) is 0. The fraction of sp³-hybridized carbons (Fsp3) is 0. The predicted octanol–water partition coefficient (Wildman–Crippen LogP) is 15.3. The predicted molar refractivity (Wildman–Crippen MR) is 237 cm³/mol.